The van der Waals surface area contributed by atoms with Gasteiger partial charge in [-0.25, -0.2) is 0 Å². The van der Waals surface area contributed by atoms with E-state index in [0.717, 1.165) is 28.2 Å². The Kier molecular flexibility index (Phi) is 12.2. The molecule has 0 saturated carbocycles. The number of benzene rings is 9. The molecule has 0 spiro atoms. The fourth-order valence-corrected chi connectivity index (χ4v) is 9.01. The van der Waals surface area contributed by atoms with E-state index in [1.54, 1.807) is 0 Å². The number of anilines is 3. The second kappa shape index (κ2) is 18.3. The van der Waals surface area contributed by atoms with Crippen molar-refractivity contribution in [2.24, 2.45) is 0 Å². The van der Waals surface area contributed by atoms with Crippen LogP contribution in [-0.2, 0) is 5.41 Å². The Morgan fingerprint density at radius 1 is 0.413 bits per heavy atom. The monoisotopic (exact) mass is 814 g/mol. The number of nitrogens with zero attached hydrogens (tertiary/aromatic N) is 2. The van der Waals surface area contributed by atoms with Crippen molar-refractivity contribution >= 4 is 27.8 Å². The van der Waals surface area contributed by atoms with Crippen LogP contribution in [0.4, 0.5) is 17.1 Å². The molecule has 0 saturated heterocycles. The van der Waals surface area contributed by atoms with Crippen LogP contribution in [0.2, 0.25) is 0 Å². The number of aryl methyl sites for hydroxylation is 5. The Morgan fingerprint density at radius 3 is 1.59 bits per heavy atom. The smallest absolute Gasteiger partial charge is 0.0998 e. The normalized spacial score (nSPS) is 11.8. The van der Waals surface area contributed by atoms with Crippen LogP contribution in [0.15, 0.2) is 200 Å². The molecule has 0 atom stereocenters. The third-order valence-corrected chi connectivity index (χ3v) is 12.3. The van der Waals surface area contributed by atoms with Crippen molar-refractivity contribution in [2.45, 2.75) is 53.9 Å². The summed E-state index contributed by atoms with van der Waals surface area (Å²) >= 11 is 0. The lowest BCUT2D eigenvalue weighted by molar-refractivity contribution is 0.660. The van der Waals surface area contributed by atoms with Gasteiger partial charge in [-0.3, -0.25) is 0 Å². The molecule has 0 radical (unpaired) electrons. The van der Waals surface area contributed by atoms with Crippen LogP contribution >= 0.6 is 0 Å². The van der Waals surface area contributed by atoms with Gasteiger partial charge in [-0.15, -0.1) is 0 Å². The molecule has 63 heavy (non-hydrogen) atoms. The first-order chi connectivity index (χ1) is 30.5. The molecule has 0 unspecified atom stereocenters. The molecule has 9 aromatic carbocycles. The van der Waals surface area contributed by atoms with Gasteiger partial charge in [0.25, 0.3) is 0 Å². The molecule has 0 heterocycles. The molecular weight excluding hydrogens is 761 g/mol. The second-order valence-corrected chi connectivity index (χ2v) is 17.2. The fraction of sp³-hybridized carbons (Fsp3) is 0.131. The highest BCUT2D eigenvalue weighted by Gasteiger charge is 2.38. The van der Waals surface area contributed by atoms with Gasteiger partial charge in [0.1, 0.15) is 0 Å². The summed E-state index contributed by atoms with van der Waals surface area (Å²) in [6, 6.07) is 72.8. The van der Waals surface area contributed by atoms with Crippen molar-refractivity contribution in [1.82, 2.24) is 0 Å². The topological polar surface area (TPSA) is 27.0 Å². The van der Waals surface area contributed by atoms with Gasteiger partial charge in [0.2, 0.25) is 0 Å². The number of fused-ring (bicyclic) bond motifs is 5. The lowest BCUT2D eigenvalue weighted by Crippen LogP contribution is -2.17. The van der Waals surface area contributed by atoms with E-state index in [-0.39, 0.29) is 5.41 Å². The fourth-order valence-electron chi connectivity index (χ4n) is 9.01. The molecule has 1 aliphatic carbocycles. The summed E-state index contributed by atoms with van der Waals surface area (Å²) in [5.41, 5.74) is 20.6. The van der Waals surface area contributed by atoms with E-state index in [1.165, 1.54) is 72.0 Å². The van der Waals surface area contributed by atoms with Crippen LogP contribution < -0.4 is 4.90 Å². The molecule has 2 nitrogen and oxygen atoms in total. The van der Waals surface area contributed by atoms with E-state index < -0.39 is 0 Å². The zero-order valence-corrected chi connectivity index (χ0v) is 37.4. The molecule has 1 aliphatic rings. The maximum atomic E-state index is 9.66. The zero-order chi connectivity index (χ0) is 44.1. The van der Waals surface area contributed by atoms with E-state index in [0.29, 0.717) is 5.56 Å². The SMILES string of the molecule is Cc1ccc(-c2ccccc2C)c(C)c1.Cc1ccc2c(c1)C(C)(C)c1cc(N(c3ccccc3)c3ccc(-c4ccccc4C#N)cc3)c3ccccc3c1-2.Cc1ccccc1. The van der Waals surface area contributed by atoms with Crippen molar-refractivity contribution in [3.8, 4) is 39.4 Å². The third kappa shape index (κ3) is 8.70. The van der Waals surface area contributed by atoms with Gasteiger partial charge < -0.3 is 4.90 Å². The Morgan fingerprint density at radius 2 is 0.952 bits per heavy atom. The molecule has 0 aliphatic heterocycles. The van der Waals surface area contributed by atoms with Crippen molar-refractivity contribution in [1.29, 1.82) is 5.26 Å². The van der Waals surface area contributed by atoms with Crippen molar-refractivity contribution in [3.05, 3.63) is 245 Å². The molecule has 0 fully saturated rings. The number of hydrogen-bond donors (Lipinski definition) is 0. The second-order valence-electron chi connectivity index (χ2n) is 17.2. The van der Waals surface area contributed by atoms with Gasteiger partial charge in [0, 0.05) is 22.2 Å². The lowest BCUT2D eigenvalue weighted by Gasteiger charge is -2.30. The van der Waals surface area contributed by atoms with Gasteiger partial charge in [-0.2, -0.15) is 5.26 Å². The molecule has 2 heteroatoms. The maximum Gasteiger partial charge on any atom is 0.0998 e. The summed E-state index contributed by atoms with van der Waals surface area (Å²) in [4.78, 5) is 2.37. The Hall–Kier alpha value is -7.47. The minimum atomic E-state index is -0.122. The summed E-state index contributed by atoms with van der Waals surface area (Å²) in [5.74, 6) is 0. The summed E-state index contributed by atoms with van der Waals surface area (Å²) in [7, 11) is 0. The first kappa shape index (κ1) is 42.2. The largest absolute Gasteiger partial charge is 0.310 e. The quantitative estimate of drug-likeness (QED) is 0.173. The van der Waals surface area contributed by atoms with Crippen LogP contribution in [0, 0.1) is 45.9 Å². The minimum absolute atomic E-state index is 0.122. The van der Waals surface area contributed by atoms with Crippen molar-refractivity contribution < 1.29 is 0 Å². The van der Waals surface area contributed by atoms with Gasteiger partial charge in [0.05, 0.1) is 17.3 Å². The summed E-state index contributed by atoms with van der Waals surface area (Å²) in [6.45, 7) is 15.4. The first-order valence-electron chi connectivity index (χ1n) is 21.8. The van der Waals surface area contributed by atoms with E-state index in [2.05, 4.69) is 217 Å². The number of rotatable bonds is 5. The first-order valence-corrected chi connectivity index (χ1v) is 21.8. The number of para-hydroxylation sites is 1. The molecule has 308 valence electrons. The predicted molar refractivity (Wildman–Crippen MR) is 268 cm³/mol. The van der Waals surface area contributed by atoms with Crippen LogP contribution in [0.3, 0.4) is 0 Å². The minimum Gasteiger partial charge on any atom is -0.310 e. The van der Waals surface area contributed by atoms with Gasteiger partial charge >= 0.3 is 0 Å². The van der Waals surface area contributed by atoms with E-state index in [1.807, 2.05) is 42.5 Å². The third-order valence-electron chi connectivity index (χ3n) is 12.3. The lowest BCUT2D eigenvalue weighted by atomic mass is 9.81. The summed E-state index contributed by atoms with van der Waals surface area (Å²) in [6.07, 6.45) is 0. The molecule has 0 N–H and O–H groups in total. The van der Waals surface area contributed by atoms with Crippen LogP contribution in [-0.4, -0.2) is 0 Å². The molecular formula is C61H54N2. The summed E-state index contributed by atoms with van der Waals surface area (Å²) < 4.78 is 0. The average Bonchev–Trinajstić information content (AvgIpc) is 3.53. The average molecular weight is 815 g/mol. The van der Waals surface area contributed by atoms with Crippen LogP contribution in [0.25, 0.3) is 44.2 Å². The van der Waals surface area contributed by atoms with Gasteiger partial charge in [-0.05, 0) is 132 Å². The number of hydrogen-bond acceptors (Lipinski definition) is 2. The molecule has 9 aromatic rings. The highest BCUT2D eigenvalue weighted by Crippen LogP contribution is 2.54. The highest BCUT2D eigenvalue weighted by molar-refractivity contribution is 6.10. The van der Waals surface area contributed by atoms with Crippen molar-refractivity contribution in [3.63, 3.8) is 0 Å². The molecule has 0 amide bonds. The standard InChI is InChI=1S/C39H30N2.C15H16.C7H8/c1-26-17-22-34-35(23-26)39(2,3)36-24-37(32-15-9-10-16-33(32)38(34)36)41(29-12-5-4-6-13-29)30-20-18-27(19-21-30)31-14-8-7-11-28(31)25-40;1-11-8-9-15(13(3)10-11)14-7-5-4-6-12(14)2;1-7-5-3-2-4-6-7/h4-24H,1-3H3;4-10H,1-3H3;2-6H,1H3. The van der Waals surface area contributed by atoms with E-state index >= 15 is 0 Å². The maximum absolute atomic E-state index is 9.66. The molecule has 10 rings (SSSR count). The Labute approximate surface area is 374 Å². The number of nitriles is 1. The highest BCUT2D eigenvalue weighted by atomic mass is 15.1. The van der Waals surface area contributed by atoms with Crippen LogP contribution in [0.5, 0.6) is 0 Å². The zero-order valence-electron chi connectivity index (χ0n) is 37.4. The van der Waals surface area contributed by atoms with E-state index in [4.69, 9.17) is 0 Å². The molecule has 0 aromatic heterocycles. The van der Waals surface area contributed by atoms with Crippen LogP contribution in [0.1, 0.15) is 58.4 Å². The predicted octanol–water partition coefficient (Wildman–Crippen LogP) is 16.7. The van der Waals surface area contributed by atoms with Gasteiger partial charge in [-0.1, -0.05) is 194 Å². The Balaban J connectivity index is 0.000000202. The summed E-state index contributed by atoms with van der Waals surface area (Å²) in [5, 5.41) is 12.2. The van der Waals surface area contributed by atoms with Gasteiger partial charge in [0.15, 0.2) is 0 Å². The van der Waals surface area contributed by atoms with E-state index in [9.17, 15) is 5.26 Å². The molecule has 0 bridgehead atoms. The Bertz CT molecular complexity index is 3080. The van der Waals surface area contributed by atoms with Crippen molar-refractivity contribution in [2.75, 3.05) is 4.90 Å².